The van der Waals surface area contributed by atoms with Crippen molar-refractivity contribution in [3.8, 4) is 0 Å². The molecule has 68 valence electrons. The van der Waals surface area contributed by atoms with Gasteiger partial charge in [-0.1, -0.05) is 55.2 Å². The van der Waals surface area contributed by atoms with E-state index >= 15 is 0 Å². The third kappa shape index (κ3) is 2.54. The largest absolute Gasteiger partial charge is 0.0667 e. The normalized spacial score (nSPS) is 31.4. The molecule has 0 fully saturated rings. The topological polar surface area (TPSA) is 0 Å². The summed E-state index contributed by atoms with van der Waals surface area (Å²) in [6.07, 6.45) is 1.30. The lowest BCUT2D eigenvalue weighted by Crippen LogP contribution is -1.94. The molecule has 0 aliphatic carbocycles. The Morgan fingerprint density at radius 3 is 2.17 bits per heavy atom. The number of rotatable bonds is 3. The molecule has 0 aromatic heterocycles. The average Bonchev–Trinajstić information content (AvgIpc) is 2.51. The summed E-state index contributed by atoms with van der Waals surface area (Å²) in [5.74, 6) is 8.60. The molecule has 0 N–H and O–H groups in total. The van der Waals surface area contributed by atoms with Gasteiger partial charge in [-0.15, -0.1) is 0 Å². The van der Waals surface area contributed by atoms with Crippen LogP contribution in [0.4, 0.5) is 0 Å². The molecule has 0 amide bonds. The van der Waals surface area contributed by atoms with Gasteiger partial charge in [-0.05, 0) is 17.7 Å². The second kappa shape index (κ2) is 4.73. The minimum absolute atomic E-state index is 0.0167. The maximum Gasteiger partial charge on any atom is 0.0486 e. The highest BCUT2D eigenvalue weighted by molar-refractivity contribution is 7.84. The highest BCUT2D eigenvalue weighted by atomic mass is 31.2. The Morgan fingerprint density at radius 1 is 1.17 bits per heavy atom. The Hall–Kier alpha value is 0.600. The molecule has 12 heavy (non-hydrogen) atoms. The van der Waals surface area contributed by atoms with E-state index in [0.29, 0.717) is 0 Å². The lowest BCUT2D eigenvalue weighted by molar-refractivity contribution is 0.898. The van der Waals surface area contributed by atoms with Crippen molar-refractivity contribution in [2.24, 2.45) is 0 Å². The zero-order chi connectivity index (χ0) is 9.14. The van der Waals surface area contributed by atoms with Crippen molar-refractivity contribution in [1.29, 1.82) is 0 Å². The van der Waals surface area contributed by atoms with Crippen LogP contribution in [0.25, 0.3) is 0 Å². The smallest absolute Gasteiger partial charge is 0.0486 e. The van der Waals surface area contributed by atoms with Gasteiger partial charge in [0.05, 0.1) is 0 Å². The van der Waals surface area contributed by atoms with E-state index in [1.807, 2.05) is 0 Å². The van der Waals surface area contributed by atoms with Gasteiger partial charge in [-0.2, -0.15) is 0 Å². The fourth-order valence-electron chi connectivity index (χ4n) is 1.07. The molecular formula is C10H18P2. The third-order valence-corrected chi connectivity index (χ3v) is 7.69. The van der Waals surface area contributed by atoms with E-state index in [1.54, 1.807) is 0 Å². The Morgan fingerprint density at radius 2 is 1.75 bits per heavy atom. The van der Waals surface area contributed by atoms with Gasteiger partial charge in [0, 0.05) is 5.90 Å². The first-order chi connectivity index (χ1) is 5.65. The molecule has 0 spiro atoms. The van der Waals surface area contributed by atoms with Crippen molar-refractivity contribution in [3.63, 3.8) is 0 Å². The van der Waals surface area contributed by atoms with Crippen LogP contribution in [0.15, 0.2) is 11.6 Å². The van der Waals surface area contributed by atoms with Crippen LogP contribution in [0.2, 0.25) is 0 Å². The summed E-state index contributed by atoms with van der Waals surface area (Å²) in [5, 5.41) is 0. The molecule has 1 aliphatic rings. The van der Waals surface area contributed by atoms with Crippen molar-refractivity contribution in [3.05, 3.63) is 17.5 Å². The van der Waals surface area contributed by atoms with Crippen molar-refractivity contribution in [2.75, 3.05) is 0 Å². The summed E-state index contributed by atoms with van der Waals surface area (Å²) in [4.78, 5) is 0. The summed E-state index contributed by atoms with van der Waals surface area (Å²) >= 11 is 0. The predicted molar refractivity (Wildman–Crippen MR) is 61.1 cm³/mol. The minimum Gasteiger partial charge on any atom is -0.0667 e. The van der Waals surface area contributed by atoms with E-state index in [-0.39, 0.29) is 15.8 Å². The van der Waals surface area contributed by atoms with Gasteiger partial charge in [0.2, 0.25) is 0 Å². The molecule has 0 nitrogen and oxygen atoms in total. The van der Waals surface area contributed by atoms with Gasteiger partial charge >= 0.3 is 0 Å². The third-order valence-electron chi connectivity index (χ3n) is 2.24. The quantitative estimate of drug-likeness (QED) is 0.582. The number of hydrogen-bond donors (Lipinski definition) is 0. The fourth-order valence-corrected chi connectivity index (χ4v) is 6.57. The SMILES string of the molecule is CCC(C)P1[C]P(C(C)C)C=C1. The minimum atomic E-state index is 0.0167. The van der Waals surface area contributed by atoms with Gasteiger partial charge < -0.3 is 0 Å². The molecule has 1 aliphatic heterocycles. The molecule has 3 unspecified atom stereocenters. The second-order valence-electron chi connectivity index (χ2n) is 3.56. The van der Waals surface area contributed by atoms with Crippen LogP contribution in [0.5, 0.6) is 0 Å². The fraction of sp³-hybridized carbons (Fsp3) is 0.700. The molecule has 1 rings (SSSR count). The Balaban J connectivity index is 2.42. The van der Waals surface area contributed by atoms with Crippen LogP contribution < -0.4 is 0 Å². The van der Waals surface area contributed by atoms with Gasteiger partial charge in [0.15, 0.2) is 0 Å². The van der Waals surface area contributed by atoms with Gasteiger partial charge in [-0.3, -0.25) is 0 Å². The highest BCUT2D eigenvalue weighted by Crippen LogP contribution is 2.68. The monoisotopic (exact) mass is 200 g/mol. The first kappa shape index (κ1) is 10.7. The van der Waals surface area contributed by atoms with E-state index < -0.39 is 0 Å². The number of hydrogen-bond acceptors (Lipinski definition) is 0. The summed E-state index contributed by atoms with van der Waals surface area (Å²) in [6, 6.07) is 0. The van der Waals surface area contributed by atoms with E-state index in [9.17, 15) is 0 Å². The van der Waals surface area contributed by atoms with Crippen molar-refractivity contribution in [2.45, 2.75) is 45.4 Å². The van der Waals surface area contributed by atoms with E-state index in [4.69, 9.17) is 0 Å². The Kier molecular flexibility index (Phi) is 4.21. The van der Waals surface area contributed by atoms with Crippen molar-refractivity contribution < 1.29 is 0 Å². The maximum absolute atomic E-state index is 3.76. The molecule has 2 heteroatoms. The second-order valence-corrected chi connectivity index (χ2v) is 8.50. The highest BCUT2D eigenvalue weighted by Gasteiger charge is 2.24. The lowest BCUT2D eigenvalue weighted by Gasteiger charge is -2.18. The zero-order valence-electron chi connectivity index (χ0n) is 8.41. The lowest BCUT2D eigenvalue weighted by atomic mass is 10.4. The summed E-state index contributed by atoms with van der Waals surface area (Å²) in [7, 11) is 0.0367. The van der Waals surface area contributed by atoms with Crippen molar-refractivity contribution in [1.82, 2.24) is 0 Å². The molecule has 2 radical (unpaired) electrons. The molecule has 1 heterocycles. The van der Waals surface area contributed by atoms with Gasteiger partial charge in [0.25, 0.3) is 0 Å². The maximum atomic E-state index is 3.76. The van der Waals surface area contributed by atoms with Crippen LogP contribution >= 0.6 is 15.8 Å². The van der Waals surface area contributed by atoms with Gasteiger partial charge in [0.1, 0.15) is 0 Å². The Labute approximate surface area is 79.3 Å². The van der Waals surface area contributed by atoms with Crippen LogP contribution in [0.1, 0.15) is 34.1 Å². The first-order valence-corrected chi connectivity index (χ1v) is 7.62. The van der Waals surface area contributed by atoms with E-state index in [1.165, 1.54) is 6.42 Å². The summed E-state index contributed by atoms with van der Waals surface area (Å²) < 4.78 is 0. The van der Waals surface area contributed by atoms with Crippen LogP contribution in [-0.2, 0) is 0 Å². The van der Waals surface area contributed by atoms with Crippen LogP contribution in [-0.4, -0.2) is 11.3 Å². The van der Waals surface area contributed by atoms with Crippen LogP contribution in [0.3, 0.4) is 0 Å². The first-order valence-electron chi connectivity index (χ1n) is 4.66. The molecule has 0 aromatic carbocycles. The molecular weight excluding hydrogens is 182 g/mol. The zero-order valence-corrected chi connectivity index (χ0v) is 10.2. The molecule has 3 atom stereocenters. The predicted octanol–water partition coefficient (Wildman–Crippen LogP) is 4.64. The van der Waals surface area contributed by atoms with Crippen LogP contribution in [0, 0.1) is 5.90 Å². The van der Waals surface area contributed by atoms with E-state index in [2.05, 4.69) is 45.2 Å². The van der Waals surface area contributed by atoms with Gasteiger partial charge in [-0.25, -0.2) is 0 Å². The summed E-state index contributed by atoms with van der Waals surface area (Å²) in [5.41, 5.74) is 1.65. The molecule has 0 bridgehead atoms. The standard InChI is InChI=1S/C10H18P2/c1-5-10(4)12-7-6-11(8-12)9(2)3/h6-7,9-10H,5H2,1-4H3. The van der Waals surface area contributed by atoms with E-state index in [0.717, 1.165) is 11.3 Å². The molecule has 0 saturated heterocycles. The average molecular weight is 200 g/mol. The van der Waals surface area contributed by atoms with Crippen molar-refractivity contribution >= 4 is 15.8 Å². The molecule has 0 saturated carbocycles. The molecule has 0 aromatic rings. The Bertz CT molecular complexity index is 163. The summed E-state index contributed by atoms with van der Waals surface area (Å²) in [6.45, 7) is 9.23.